The number of hydrogen-bond acceptors (Lipinski definition) is 4. The summed E-state index contributed by atoms with van der Waals surface area (Å²) >= 11 is 0. The Bertz CT molecular complexity index is 500. The third kappa shape index (κ3) is 3.76. The molecule has 0 aliphatic rings. The van der Waals surface area contributed by atoms with Crippen molar-refractivity contribution in [2.75, 3.05) is 20.3 Å². The number of nitrogens with two attached hydrogens (primary N) is 1. The first-order valence-electron chi connectivity index (χ1n) is 6.24. The van der Waals surface area contributed by atoms with Crippen molar-refractivity contribution in [1.82, 2.24) is 4.31 Å². The molecule has 0 heterocycles. The minimum Gasteiger partial charge on any atom is -0.383 e. The van der Waals surface area contributed by atoms with Crippen molar-refractivity contribution < 1.29 is 13.2 Å². The quantitative estimate of drug-likeness (QED) is 0.817. The summed E-state index contributed by atoms with van der Waals surface area (Å²) in [6, 6.07) is 6.70. The molecular formula is C13H22N2O3S. The smallest absolute Gasteiger partial charge is 0.243 e. The summed E-state index contributed by atoms with van der Waals surface area (Å²) in [6.45, 7) is 4.58. The third-order valence-corrected chi connectivity index (χ3v) is 5.05. The zero-order valence-electron chi connectivity index (χ0n) is 11.7. The van der Waals surface area contributed by atoms with Gasteiger partial charge < -0.3 is 10.5 Å². The fraction of sp³-hybridized carbons (Fsp3) is 0.538. The molecule has 0 aromatic heterocycles. The molecule has 0 fully saturated rings. The van der Waals surface area contributed by atoms with Crippen LogP contribution in [0.2, 0.25) is 0 Å². The first-order valence-corrected chi connectivity index (χ1v) is 7.68. The molecule has 6 heteroatoms. The zero-order valence-corrected chi connectivity index (χ0v) is 12.5. The maximum atomic E-state index is 12.7. The summed E-state index contributed by atoms with van der Waals surface area (Å²) < 4.78 is 31.8. The lowest BCUT2D eigenvalue weighted by Gasteiger charge is -2.26. The Labute approximate surface area is 115 Å². The molecule has 1 rings (SSSR count). The van der Waals surface area contributed by atoms with Crippen LogP contribution >= 0.6 is 0 Å². The number of ether oxygens (including phenoxy) is 1. The number of hydrogen-bond donors (Lipinski definition) is 1. The van der Waals surface area contributed by atoms with Crippen molar-refractivity contribution in [3.63, 3.8) is 0 Å². The van der Waals surface area contributed by atoms with E-state index >= 15 is 0 Å². The van der Waals surface area contributed by atoms with E-state index in [1.165, 1.54) is 4.31 Å². The summed E-state index contributed by atoms with van der Waals surface area (Å²) in [5, 5.41) is 0. The van der Waals surface area contributed by atoms with Gasteiger partial charge in [0.2, 0.25) is 10.0 Å². The molecule has 1 aromatic rings. The van der Waals surface area contributed by atoms with Gasteiger partial charge in [0.25, 0.3) is 0 Å². The second kappa shape index (κ2) is 7.00. The number of rotatable bonds is 7. The van der Waals surface area contributed by atoms with Gasteiger partial charge in [0.15, 0.2) is 0 Å². The van der Waals surface area contributed by atoms with Gasteiger partial charge in [-0.15, -0.1) is 0 Å². The Hall–Kier alpha value is -0.950. The van der Waals surface area contributed by atoms with Crippen LogP contribution in [0.25, 0.3) is 0 Å². The average molecular weight is 286 g/mol. The molecule has 108 valence electrons. The highest BCUT2D eigenvalue weighted by Gasteiger charge is 2.28. The van der Waals surface area contributed by atoms with Crippen molar-refractivity contribution in [2.45, 2.75) is 31.3 Å². The van der Waals surface area contributed by atoms with E-state index in [-0.39, 0.29) is 17.5 Å². The van der Waals surface area contributed by atoms with Crippen molar-refractivity contribution >= 4 is 10.0 Å². The highest BCUT2D eigenvalue weighted by atomic mass is 32.2. The van der Waals surface area contributed by atoms with Crippen molar-refractivity contribution in [2.24, 2.45) is 5.73 Å². The molecule has 0 saturated carbocycles. The Morgan fingerprint density at radius 3 is 2.47 bits per heavy atom. The highest BCUT2D eigenvalue weighted by molar-refractivity contribution is 7.89. The van der Waals surface area contributed by atoms with Crippen LogP contribution in [0.5, 0.6) is 0 Å². The lowest BCUT2D eigenvalue weighted by atomic mass is 10.2. The molecule has 0 amide bonds. The maximum Gasteiger partial charge on any atom is 0.243 e. The van der Waals surface area contributed by atoms with Gasteiger partial charge >= 0.3 is 0 Å². The Morgan fingerprint density at radius 2 is 1.95 bits per heavy atom. The first-order chi connectivity index (χ1) is 8.95. The lowest BCUT2D eigenvalue weighted by Crippen LogP contribution is -2.39. The van der Waals surface area contributed by atoms with Gasteiger partial charge in [-0.25, -0.2) is 8.42 Å². The molecule has 2 N–H and O–H groups in total. The monoisotopic (exact) mass is 286 g/mol. The number of nitrogens with zero attached hydrogens (tertiary/aromatic N) is 1. The van der Waals surface area contributed by atoms with Crippen LogP contribution < -0.4 is 5.73 Å². The van der Waals surface area contributed by atoms with Crippen LogP contribution in [0.4, 0.5) is 0 Å². The Balaban J connectivity index is 3.19. The van der Waals surface area contributed by atoms with E-state index < -0.39 is 10.0 Å². The topological polar surface area (TPSA) is 72.6 Å². The average Bonchev–Trinajstić information content (AvgIpc) is 2.38. The van der Waals surface area contributed by atoms with Gasteiger partial charge in [-0.3, -0.25) is 0 Å². The minimum absolute atomic E-state index is 0.133. The van der Waals surface area contributed by atoms with E-state index in [0.717, 1.165) is 0 Å². The molecule has 0 unspecified atom stereocenters. The molecule has 0 bridgehead atoms. The SMILES string of the molecule is COCCN(C(C)C)S(=O)(=O)c1ccccc1CN. The maximum absolute atomic E-state index is 12.7. The summed E-state index contributed by atoms with van der Waals surface area (Å²) in [6.07, 6.45) is 0. The standard InChI is InChI=1S/C13H22N2O3S/c1-11(2)15(8-9-18-3)19(16,17)13-7-5-4-6-12(13)10-14/h4-7,11H,8-10,14H2,1-3H3. The predicted molar refractivity (Wildman–Crippen MR) is 75.2 cm³/mol. The van der Waals surface area contributed by atoms with Crippen molar-refractivity contribution in [3.8, 4) is 0 Å². The summed E-state index contributed by atoms with van der Waals surface area (Å²) in [5.74, 6) is 0. The van der Waals surface area contributed by atoms with E-state index in [4.69, 9.17) is 10.5 Å². The van der Waals surface area contributed by atoms with E-state index in [0.29, 0.717) is 18.7 Å². The van der Waals surface area contributed by atoms with Crippen LogP contribution in [0.15, 0.2) is 29.2 Å². The molecule has 0 saturated heterocycles. The fourth-order valence-electron chi connectivity index (χ4n) is 1.89. The second-order valence-corrected chi connectivity index (χ2v) is 6.37. The van der Waals surface area contributed by atoms with Crippen LogP contribution in [0.3, 0.4) is 0 Å². The van der Waals surface area contributed by atoms with Gasteiger partial charge in [-0.2, -0.15) is 4.31 Å². The zero-order chi connectivity index (χ0) is 14.5. The van der Waals surface area contributed by atoms with Crippen LogP contribution in [-0.4, -0.2) is 39.0 Å². The number of methoxy groups -OCH3 is 1. The van der Waals surface area contributed by atoms with Gasteiger partial charge in [-0.1, -0.05) is 18.2 Å². The molecule has 0 spiro atoms. The van der Waals surface area contributed by atoms with E-state index in [2.05, 4.69) is 0 Å². The molecular weight excluding hydrogens is 264 g/mol. The van der Waals surface area contributed by atoms with Gasteiger partial charge in [-0.05, 0) is 25.5 Å². The van der Waals surface area contributed by atoms with E-state index in [1.807, 2.05) is 13.8 Å². The Morgan fingerprint density at radius 1 is 1.32 bits per heavy atom. The van der Waals surface area contributed by atoms with Gasteiger partial charge in [0, 0.05) is 26.2 Å². The second-order valence-electron chi connectivity index (χ2n) is 4.51. The van der Waals surface area contributed by atoms with Crippen molar-refractivity contribution in [3.05, 3.63) is 29.8 Å². The normalized spacial score (nSPS) is 12.3. The predicted octanol–water partition coefficient (Wildman–Crippen LogP) is 1.19. The van der Waals surface area contributed by atoms with Crippen LogP contribution in [-0.2, 0) is 21.3 Å². The van der Waals surface area contributed by atoms with E-state index in [9.17, 15) is 8.42 Å². The van der Waals surface area contributed by atoms with Gasteiger partial charge in [0.05, 0.1) is 11.5 Å². The molecule has 0 aliphatic heterocycles. The molecule has 19 heavy (non-hydrogen) atoms. The van der Waals surface area contributed by atoms with Crippen LogP contribution in [0.1, 0.15) is 19.4 Å². The summed E-state index contributed by atoms with van der Waals surface area (Å²) in [7, 11) is -1.99. The minimum atomic E-state index is -3.54. The number of benzene rings is 1. The fourth-order valence-corrected chi connectivity index (χ4v) is 3.74. The molecule has 0 aliphatic carbocycles. The summed E-state index contributed by atoms with van der Waals surface area (Å²) in [5.41, 5.74) is 6.25. The van der Waals surface area contributed by atoms with Gasteiger partial charge in [0.1, 0.15) is 0 Å². The lowest BCUT2D eigenvalue weighted by molar-refractivity contribution is 0.171. The largest absolute Gasteiger partial charge is 0.383 e. The highest BCUT2D eigenvalue weighted by Crippen LogP contribution is 2.21. The van der Waals surface area contributed by atoms with E-state index in [1.54, 1.807) is 31.4 Å². The number of sulfonamides is 1. The first kappa shape index (κ1) is 16.1. The molecule has 0 radical (unpaired) electrons. The van der Waals surface area contributed by atoms with Crippen LogP contribution in [0, 0.1) is 0 Å². The van der Waals surface area contributed by atoms with Crippen molar-refractivity contribution in [1.29, 1.82) is 0 Å². The molecule has 1 aromatic carbocycles. The molecule has 0 atom stereocenters. The molecule has 5 nitrogen and oxygen atoms in total. The summed E-state index contributed by atoms with van der Waals surface area (Å²) in [4.78, 5) is 0.280. The Kier molecular flexibility index (Phi) is 5.93. The third-order valence-electron chi connectivity index (χ3n) is 2.87.